The molecule has 0 saturated carbocycles. The maximum Gasteiger partial charge on any atom is 0.407 e. The molecule has 0 aliphatic carbocycles. The number of carbonyl (C=O) groups excluding carboxylic acids is 2. The Hall–Kier alpha value is -2.97. The molecule has 8 nitrogen and oxygen atoms in total. The smallest absolute Gasteiger partial charge is 0.407 e. The summed E-state index contributed by atoms with van der Waals surface area (Å²) in [5.41, 5.74) is 1.05. The van der Waals surface area contributed by atoms with Crippen molar-refractivity contribution in [2.45, 2.75) is 32.2 Å². The number of alkyl carbamates (subject to hydrolysis) is 1. The Bertz CT molecular complexity index is 768. The van der Waals surface area contributed by atoms with Crippen LogP contribution in [0.5, 0.6) is 0 Å². The molecule has 0 bridgehead atoms. The average molecular weight is 388 g/mol. The second-order valence-corrected chi connectivity index (χ2v) is 5.96. The number of carbonyl (C=O) groups is 2. The molecule has 0 saturated heterocycles. The summed E-state index contributed by atoms with van der Waals surface area (Å²) in [7, 11) is 0. The van der Waals surface area contributed by atoms with Gasteiger partial charge in [-0.2, -0.15) is 0 Å². The molecule has 0 fully saturated rings. The van der Waals surface area contributed by atoms with Crippen LogP contribution >= 0.6 is 0 Å². The Balaban J connectivity index is 1.77. The third-order valence-electron chi connectivity index (χ3n) is 3.84. The van der Waals surface area contributed by atoms with E-state index in [0.29, 0.717) is 0 Å². The zero-order valence-corrected chi connectivity index (χ0v) is 15.6. The van der Waals surface area contributed by atoms with Crippen LogP contribution in [0.15, 0.2) is 48.5 Å². The highest BCUT2D eigenvalue weighted by molar-refractivity contribution is 5.87. The minimum absolute atomic E-state index is 0.0493. The fraction of sp³-hybridized carbons (Fsp3) is 0.350. The lowest BCUT2D eigenvalue weighted by Gasteiger charge is -2.18. The van der Waals surface area contributed by atoms with E-state index < -0.39 is 24.3 Å². The Morgan fingerprint density at radius 2 is 1.82 bits per heavy atom. The number of aliphatic hydroxyl groups is 2. The predicted molar refractivity (Wildman–Crippen MR) is 100 cm³/mol. The molecule has 1 heterocycles. The number of hydrogen-bond acceptors (Lipinski definition) is 7. The van der Waals surface area contributed by atoms with Crippen LogP contribution in [0.1, 0.15) is 41.2 Å². The first-order valence-corrected chi connectivity index (χ1v) is 8.96. The van der Waals surface area contributed by atoms with E-state index in [1.807, 2.05) is 30.3 Å². The van der Waals surface area contributed by atoms with E-state index in [-0.39, 0.29) is 37.6 Å². The van der Waals surface area contributed by atoms with Crippen LogP contribution in [0.3, 0.4) is 0 Å². The van der Waals surface area contributed by atoms with Crippen LogP contribution in [-0.4, -0.2) is 46.5 Å². The number of aliphatic hydroxyl groups excluding tert-OH is 2. The second-order valence-electron chi connectivity index (χ2n) is 5.96. The quantitative estimate of drug-likeness (QED) is 0.562. The number of nitrogens with zero attached hydrogens (tertiary/aromatic N) is 1. The summed E-state index contributed by atoms with van der Waals surface area (Å²) in [5, 5.41) is 22.9. The van der Waals surface area contributed by atoms with Gasteiger partial charge in [-0.1, -0.05) is 36.4 Å². The highest BCUT2D eigenvalue weighted by atomic mass is 16.5. The Kier molecular flexibility index (Phi) is 8.38. The van der Waals surface area contributed by atoms with E-state index >= 15 is 0 Å². The summed E-state index contributed by atoms with van der Waals surface area (Å²) in [6.45, 7) is 2.13. The number of hydrogen-bond donors (Lipinski definition) is 3. The zero-order valence-electron chi connectivity index (χ0n) is 15.6. The molecule has 0 radical (unpaired) electrons. The van der Waals surface area contributed by atoms with Gasteiger partial charge in [0, 0.05) is 6.54 Å². The maximum absolute atomic E-state index is 11.7. The van der Waals surface area contributed by atoms with Gasteiger partial charge < -0.3 is 25.0 Å². The van der Waals surface area contributed by atoms with E-state index in [1.54, 1.807) is 13.0 Å². The van der Waals surface area contributed by atoms with Gasteiger partial charge in [0.15, 0.2) is 0 Å². The summed E-state index contributed by atoms with van der Waals surface area (Å²) in [5.74, 6) is -0.603. The predicted octanol–water partition coefficient (Wildman–Crippen LogP) is 1.97. The van der Waals surface area contributed by atoms with E-state index in [9.17, 15) is 19.8 Å². The zero-order chi connectivity index (χ0) is 20.4. The van der Waals surface area contributed by atoms with E-state index in [1.165, 1.54) is 12.1 Å². The van der Waals surface area contributed by atoms with Crippen molar-refractivity contribution in [2.24, 2.45) is 0 Å². The van der Waals surface area contributed by atoms with E-state index in [0.717, 1.165) is 5.56 Å². The van der Waals surface area contributed by atoms with Gasteiger partial charge >= 0.3 is 12.1 Å². The Morgan fingerprint density at radius 3 is 2.54 bits per heavy atom. The molecule has 150 valence electrons. The molecular weight excluding hydrogens is 364 g/mol. The molecule has 2 unspecified atom stereocenters. The molecule has 3 N–H and O–H groups in total. The number of benzene rings is 1. The summed E-state index contributed by atoms with van der Waals surface area (Å²) in [6, 6.07) is 13.7. The first-order chi connectivity index (χ1) is 13.5. The van der Waals surface area contributed by atoms with Gasteiger partial charge in [-0.25, -0.2) is 14.6 Å². The molecule has 1 amide bonds. The summed E-state index contributed by atoms with van der Waals surface area (Å²) in [4.78, 5) is 27.4. The van der Waals surface area contributed by atoms with Gasteiger partial charge in [-0.15, -0.1) is 0 Å². The first-order valence-electron chi connectivity index (χ1n) is 8.96. The monoisotopic (exact) mass is 388 g/mol. The van der Waals surface area contributed by atoms with Crippen molar-refractivity contribution >= 4 is 12.1 Å². The number of esters is 1. The second kappa shape index (κ2) is 11.0. The summed E-state index contributed by atoms with van der Waals surface area (Å²) >= 11 is 0. The normalized spacial score (nSPS) is 12.7. The van der Waals surface area contributed by atoms with Gasteiger partial charge in [0.2, 0.25) is 0 Å². The summed E-state index contributed by atoms with van der Waals surface area (Å²) < 4.78 is 9.92. The van der Waals surface area contributed by atoms with Gasteiger partial charge in [-0.05, 0) is 31.0 Å². The molecule has 0 spiro atoms. The van der Waals surface area contributed by atoms with Gasteiger partial charge in [0.1, 0.15) is 18.4 Å². The van der Waals surface area contributed by atoms with Crippen LogP contribution in [0.4, 0.5) is 4.79 Å². The van der Waals surface area contributed by atoms with Crippen LogP contribution in [0.25, 0.3) is 0 Å². The Morgan fingerprint density at radius 1 is 1.07 bits per heavy atom. The fourth-order valence-corrected chi connectivity index (χ4v) is 2.39. The number of ether oxygens (including phenoxy) is 2. The molecule has 2 rings (SSSR count). The number of rotatable bonds is 9. The molecule has 2 atom stereocenters. The van der Waals surface area contributed by atoms with Gasteiger partial charge in [-0.3, -0.25) is 0 Å². The molecule has 2 aromatic rings. The van der Waals surface area contributed by atoms with Gasteiger partial charge in [0.05, 0.1) is 18.4 Å². The minimum Gasteiger partial charge on any atom is -0.461 e. The molecule has 28 heavy (non-hydrogen) atoms. The maximum atomic E-state index is 11.7. The lowest BCUT2D eigenvalue weighted by atomic mass is 10.1. The lowest BCUT2D eigenvalue weighted by molar-refractivity contribution is 0.0108. The largest absolute Gasteiger partial charge is 0.461 e. The van der Waals surface area contributed by atoms with Crippen LogP contribution < -0.4 is 5.32 Å². The van der Waals surface area contributed by atoms with Crippen molar-refractivity contribution < 1.29 is 29.3 Å². The van der Waals surface area contributed by atoms with Crippen molar-refractivity contribution in [1.82, 2.24) is 10.3 Å². The average Bonchev–Trinajstić information content (AvgIpc) is 2.72. The summed E-state index contributed by atoms with van der Waals surface area (Å²) in [6.07, 6.45) is -3.03. The standard InChI is InChI=1S/C20H24N2O6/c1-2-27-19(25)16-10-6-9-15(22-16)18(24)17(23)11-12-21-20(26)28-13-14-7-4-3-5-8-14/h3-10,17-18,23-24H,2,11-13H2,1H3,(H,21,26). The van der Waals surface area contributed by atoms with E-state index in [2.05, 4.69) is 10.3 Å². The van der Waals surface area contributed by atoms with Crippen LogP contribution in [0.2, 0.25) is 0 Å². The molecule has 8 heteroatoms. The van der Waals surface area contributed by atoms with E-state index in [4.69, 9.17) is 9.47 Å². The number of aromatic nitrogens is 1. The third-order valence-corrected chi connectivity index (χ3v) is 3.84. The third kappa shape index (κ3) is 6.64. The Labute approximate surface area is 163 Å². The number of pyridine rings is 1. The number of amides is 1. The van der Waals surface area contributed by atoms with Gasteiger partial charge in [0.25, 0.3) is 0 Å². The van der Waals surface area contributed by atoms with Crippen molar-refractivity contribution in [2.75, 3.05) is 13.2 Å². The first kappa shape index (κ1) is 21.3. The minimum atomic E-state index is -1.31. The van der Waals surface area contributed by atoms with Crippen LogP contribution in [0, 0.1) is 0 Å². The van der Waals surface area contributed by atoms with Crippen molar-refractivity contribution in [3.8, 4) is 0 Å². The topological polar surface area (TPSA) is 118 Å². The molecule has 0 aliphatic rings. The molecule has 1 aromatic heterocycles. The molecule has 0 aliphatic heterocycles. The van der Waals surface area contributed by atoms with Crippen LogP contribution in [-0.2, 0) is 16.1 Å². The molecular formula is C20H24N2O6. The fourth-order valence-electron chi connectivity index (χ4n) is 2.39. The SMILES string of the molecule is CCOC(=O)c1cccc(C(O)C(O)CCNC(=O)OCc2ccccc2)n1. The van der Waals surface area contributed by atoms with Crippen molar-refractivity contribution in [3.05, 3.63) is 65.5 Å². The lowest BCUT2D eigenvalue weighted by Crippen LogP contribution is -2.30. The molecule has 1 aromatic carbocycles. The van der Waals surface area contributed by atoms with Crippen molar-refractivity contribution in [1.29, 1.82) is 0 Å². The van der Waals surface area contributed by atoms with Crippen molar-refractivity contribution in [3.63, 3.8) is 0 Å². The highest BCUT2D eigenvalue weighted by Gasteiger charge is 2.21. The number of nitrogens with one attached hydrogen (secondary N) is 1. The highest BCUT2D eigenvalue weighted by Crippen LogP contribution is 2.17.